The topological polar surface area (TPSA) is 72.8 Å². The minimum absolute atomic E-state index is 0.0432. The molecule has 1 aliphatic rings. The lowest BCUT2D eigenvalue weighted by Crippen LogP contribution is -2.45. The van der Waals surface area contributed by atoms with E-state index in [0.29, 0.717) is 0 Å². The Morgan fingerprint density at radius 1 is 1.25 bits per heavy atom. The molecule has 0 radical (unpaired) electrons. The van der Waals surface area contributed by atoms with Crippen molar-refractivity contribution in [3.63, 3.8) is 0 Å². The zero-order chi connectivity index (χ0) is 14.8. The van der Waals surface area contributed by atoms with Gasteiger partial charge in [0.1, 0.15) is 17.1 Å². The molecule has 1 aromatic carbocycles. The van der Waals surface area contributed by atoms with Crippen LogP contribution in [0.3, 0.4) is 0 Å². The van der Waals surface area contributed by atoms with Gasteiger partial charge in [-0.25, -0.2) is 0 Å². The van der Waals surface area contributed by atoms with Crippen LogP contribution in [0.1, 0.15) is 37.0 Å². The number of amides is 1. The first kappa shape index (κ1) is 14.7. The Balaban J connectivity index is 2.08. The maximum Gasteiger partial charge on any atom is 0.259 e. The number of nitrogens with zero attached hydrogens (tertiary/aromatic N) is 1. The fourth-order valence-corrected chi connectivity index (χ4v) is 2.41. The molecule has 0 heterocycles. The van der Waals surface area contributed by atoms with Gasteiger partial charge in [-0.1, -0.05) is 19.9 Å². The summed E-state index contributed by atoms with van der Waals surface area (Å²) in [6.07, 6.45) is 1.87. The molecule has 2 rings (SSSR count). The van der Waals surface area contributed by atoms with Crippen LogP contribution in [0.25, 0.3) is 0 Å². The van der Waals surface area contributed by atoms with Gasteiger partial charge in [-0.3, -0.25) is 4.79 Å². The van der Waals surface area contributed by atoms with Crippen LogP contribution in [0.4, 0.5) is 0 Å². The number of carbonyl (C=O) groups excluding carboxylic acids is 1. The maximum atomic E-state index is 12.3. The molecule has 0 aromatic heterocycles. The van der Waals surface area contributed by atoms with Crippen LogP contribution < -0.4 is 5.32 Å². The highest BCUT2D eigenvalue weighted by Gasteiger charge is 2.45. The van der Waals surface area contributed by atoms with Crippen LogP contribution in [-0.2, 0) is 0 Å². The predicted molar refractivity (Wildman–Crippen MR) is 77.0 cm³/mol. The Bertz CT molecular complexity index is 474. The molecule has 1 saturated carbocycles. The quantitative estimate of drug-likeness (QED) is 0.740. The van der Waals surface area contributed by atoms with Crippen LogP contribution in [-0.4, -0.2) is 46.2 Å². The van der Waals surface area contributed by atoms with E-state index in [4.69, 9.17) is 0 Å². The Kier molecular flexibility index (Phi) is 4.18. The third kappa shape index (κ3) is 3.04. The first-order valence-electron chi connectivity index (χ1n) is 7.07. The molecule has 0 unspecified atom stereocenters. The fraction of sp³-hybridized carbons (Fsp3) is 0.533. The number of hydrogen-bond donors (Lipinski definition) is 3. The number of nitrogens with one attached hydrogen (secondary N) is 1. The summed E-state index contributed by atoms with van der Waals surface area (Å²) in [5.41, 5.74) is -0.254. The number of phenols is 2. The molecule has 1 aliphatic carbocycles. The van der Waals surface area contributed by atoms with E-state index < -0.39 is 5.91 Å². The number of carbonyl (C=O) groups is 1. The van der Waals surface area contributed by atoms with Gasteiger partial charge in [0.15, 0.2) is 0 Å². The Labute approximate surface area is 119 Å². The van der Waals surface area contributed by atoms with E-state index in [1.54, 1.807) is 0 Å². The van der Waals surface area contributed by atoms with Crippen molar-refractivity contribution >= 4 is 5.91 Å². The van der Waals surface area contributed by atoms with E-state index in [-0.39, 0.29) is 22.6 Å². The number of benzene rings is 1. The van der Waals surface area contributed by atoms with Gasteiger partial charge >= 0.3 is 0 Å². The average Bonchev–Trinajstić information content (AvgIpc) is 3.15. The van der Waals surface area contributed by atoms with Gasteiger partial charge in [-0.2, -0.15) is 0 Å². The molecule has 0 bridgehead atoms. The number of hydrogen-bond acceptors (Lipinski definition) is 4. The van der Waals surface area contributed by atoms with Crippen LogP contribution >= 0.6 is 0 Å². The normalized spacial score (nSPS) is 16.1. The second-order valence-electron chi connectivity index (χ2n) is 5.37. The summed E-state index contributed by atoms with van der Waals surface area (Å²) in [7, 11) is 0. The summed E-state index contributed by atoms with van der Waals surface area (Å²) in [6.45, 7) is 6.87. The van der Waals surface area contributed by atoms with Gasteiger partial charge < -0.3 is 20.4 Å². The van der Waals surface area contributed by atoms with Gasteiger partial charge in [0.05, 0.1) is 5.54 Å². The summed E-state index contributed by atoms with van der Waals surface area (Å²) < 4.78 is 0. The molecule has 0 spiro atoms. The molecular formula is C15H22N2O3. The van der Waals surface area contributed by atoms with Crippen molar-refractivity contribution in [3.05, 3.63) is 23.8 Å². The number of rotatable bonds is 6. The third-order valence-corrected chi connectivity index (χ3v) is 3.90. The summed E-state index contributed by atoms with van der Waals surface area (Å²) in [5.74, 6) is -0.799. The van der Waals surface area contributed by atoms with E-state index in [9.17, 15) is 15.0 Å². The second kappa shape index (κ2) is 5.71. The van der Waals surface area contributed by atoms with Gasteiger partial charge in [-0.05, 0) is 38.1 Å². The first-order chi connectivity index (χ1) is 9.51. The molecule has 3 N–H and O–H groups in total. The van der Waals surface area contributed by atoms with Crippen molar-refractivity contribution < 1.29 is 15.0 Å². The smallest absolute Gasteiger partial charge is 0.259 e. The average molecular weight is 278 g/mol. The van der Waals surface area contributed by atoms with Gasteiger partial charge in [0.25, 0.3) is 5.91 Å². The zero-order valence-electron chi connectivity index (χ0n) is 12.0. The van der Waals surface area contributed by atoms with Gasteiger partial charge in [0, 0.05) is 6.54 Å². The monoisotopic (exact) mass is 278 g/mol. The molecule has 1 amide bonds. The highest BCUT2D eigenvalue weighted by Crippen LogP contribution is 2.37. The molecule has 0 saturated heterocycles. The maximum absolute atomic E-state index is 12.3. The van der Waals surface area contributed by atoms with Crippen molar-refractivity contribution in [1.29, 1.82) is 0 Å². The lowest BCUT2D eigenvalue weighted by molar-refractivity contribution is 0.0912. The summed E-state index contributed by atoms with van der Waals surface area (Å²) >= 11 is 0. The molecule has 20 heavy (non-hydrogen) atoms. The van der Waals surface area contributed by atoms with Crippen molar-refractivity contribution in [3.8, 4) is 11.5 Å². The third-order valence-electron chi connectivity index (χ3n) is 3.90. The minimum Gasteiger partial charge on any atom is -0.507 e. The highest BCUT2D eigenvalue weighted by atomic mass is 16.3. The standard InChI is InChI=1S/C15H22N2O3/c1-3-17(4-2)10-15(8-9-15)16-14(20)13-11(18)6-5-7-12(13)19/h5-7,18-19H,3-4,8-10H2,1-2H3,(H,16,20). The van der Waals surface area contributed by atoms with E-state index in [1.807, 2.05) is 0 Å². The minimum atomic E-state index is -0.412. The van der Waals surface area contributed by atoms with E-state index in [1.165, 1.54) is 18.2 Å². The van der Waals surface area contributed by atoms with E-state index in [2.05, 4.69) is 24.1 Å². The van der Waals surface area contributed by atoms with Crippen molar-refractivity contribution in [2.45, 2.75) is 32.2 Å². The molecule has 5 nitrogen and oxygen atoms in total. The Hall–Kier alpha value is -1.75. The van der Waals surface area contributed by atoms with Crippen LogP contribution in [0.15, 0.2) is 18.2 Å². The molecule has 110 valence electrons. The molecule has 1 aromatic rings. The lowest BCUT2D eigenvalue weighted by atomic mass is 10.1. The summed E-state index contributed by atoms with van der Waals surface area (Å²) in [5, 5.41) is 22.4. The predicted octanol–water partition coefficient (Wildman–Crippen LogP) is 1.70. The van der Waals surface area contributed by atoms with E-state index in [0.717, 1.165) is 32.5 Å². The molecule has 5 heteroatoms. The largest absolute Gasteiger partial charge is 0.507 e. The van der Waals surface area contributed by atoms with Gasteiger partial charge in [0.2, 0.25) is 0 Å². The van der Waals surface area contributed by atoms with Crippen LogP contribution in [0.2, 0.25) is 0 Å². The number of aromatic hydroxyl groups is 2. The van der Waals surface area contributed by atoms with Crippen molar-refractivity contribution in [1.82, 2.24) is 10.2 Å². The summed E-state index contributed by atoms with van der Waals surface area (Å²) in [4.78, 5) is 14.5. The summed E-state index contributed by atoms with van der Waals surface area (Å²) in [6, 6.07) is 4.31. The first-order valence-corrected chi connectivity index (χ1v) is 7.07. The fourth-order valence-electron chi connectivity index (χ4n) is 2.41. The SMILES string of the molecule is CCN(CC)CC1(NC(=O)c2c(O)cccc2O)CC1. The van der Waals surface area contributed by atoms with Crippen LogP contribution in [0, 0.1) is 0 Å². The van der Waals surface area contributed by atoms with E-state index >= 15 is 0 Å². The highest BCUT2D eigenvalue weighted by molar-refractivity contribution is 6.00. The molecule has 1 fully saturated rings. The second-order valence-corrected chi connectivity index (χ2v) is 5.37. The number of phenolic OH excluding ortho intramolecular Hbond substituents is 2. The Morgan fingerprint density at radius 2 is 1.80 bits per heavy atom. The molecular weight excluding hydrogens is 256 g/mol. The number of likely N-dealkylation sites (N-methyl/N-ethyl adjacent to an activating group) is 1. The van der Waals surface area contributed by atoms with Crippen LogP contribution in [0.5, 0.6) is 11.5 Å². The van der Waals surface area contributed by atoms with Gasteiger partial charge in [-0.15, -0.1) is 0 Å². The molecule has 0 atom stereocenters. The Morgan fingerprint density at radius 3 is 2.25 bits per heavy atom. The van der Waals surface area contributed by atoms with Crippen molar-refractivity contribution in [2.75, 3.05) is 19.6 Å². The zero-order valence-corrected chi connectivity index (χ0v) is 12.0. The lowest BCUT2D eigenvalue weighted by Gasteiger charge is -2.26. The molecule has 0 aliphatic heterocycles. The van der Waals surface area contributed by atoms with Crippen molar-refractivity contribution in [2.24, 2.45) is 0 Å².